The molecular formula is C22H26F2N6O3. The molecule has 2 fully saturated rings. The van der Waals surface area contributed by atoms with Crippen LogP contribution in [0.2, 0.25) is 0 Å². The van der Waals surface area contributed by atoms with Gasteiger partial charge in [0.1, 0.15) is 11.4 Å². The van der Waals surface area contributed by atoms with Gasteiger partial charge in [-0.15, -0.1) is 0 Å². The molecule has 5 rings (SSSR count). The Hall–Kier alpha value is -3.34. The predicted octanol–water partition coefficient (Wildman–Crippen LogP) is 1.94. The number of carbonyl (C=O) groups is 2. The number of rotatable bonds is 4. The van der Waals surface area contributed by atoms with Crippen molar-refractivity contribution in [1.82, 2.24) is 20.2 Å². The maximum Gasteiger partial charge on any atom is 0.269 e. The molecule has 0 bridgehead atoms. The Morgan fingerprint density at radius 1 is 1.18 bits per heavy atom. The Morgan fingerprint density at radius 3 is 2.55 bits per heavy atom. The number of nitrogens with zero attached hydrogens (tertiary/aromatic N) is 4. The minimum Gasteiger partial charge on any atom is -0.466 e. The van der Waals surface area contributed by atoms with E-state index < -0.39 is 23.6 Å². The van der Waals surface area contributed by atoms with Crippen LogP contribution in [0.25, 0.3) is 0 Å². The van der Waals surface area contributed by atoms with Crippen molar-refractivity contribution in [1.29, 1.82) is 0 Å². The molecule has 11 heteroatoms. The molecule has 9 nitrogen and oxygen atoms in total. The molecule has 0 atom stereocenters. The molecule has 1 aliphatic carbocycles. The number of hydrogen-bond acceptors (Lipinski definition) is 7. The summed E-state index contributed by atoms with van der Waals surface area (Å²) in [7, 11) is 1.46. The van der Waals surface area contributed by atoms with Gasteiger partial charge in [-0.05, 0) is 12.1 Å². The minimum atomic E-state index is -0.703. The largest absolute Gasteiger partial charge is 0.466 e. The zero-order valence-electron chi connectivity index (χ0n) is 18.4. The highest BCUT2D eigenvalue weighted by Gasteiger charge is 2.26. The van der Waals surface area contributed by atoms with Crippen molar-refractivity contribution in [2.75, 3.05) is 50.1 Å². The number of piperazine rings is 1. The quantitative estimate of drug-likeness (QED) is 0.673. The van der Waals surface area contributed by atoms with Gasteiger partial charge in [0.2, 0.25) is 11.8 Å². The van der Waals surface area contributed by atoms with Gasteiger partial charge in [0.15, 0.2) is 12.4 Å². The summed E-state index contributed by atoms with van der Waals surface area (Å²) in [4.78, 5) is 34.7. The highest BCUT2D eigenvalue weighted by Crippen LogP contribution is 2.30. The molecule has 0 aromatic carbocycles. The van der Waals surface area contributed by atoms with Crippen molar-refractivity contribution in [3.8, 4) is 5.88 Å². The maximum atomic E-state index is 14.7. The van der Waals surface area contributed by atoms with E-state index in [9.17, 15) is 18.4 Å². The summed E-state index contributed by atoms with van der Waals surface area (Å²) in [5.41, 5.74) is 0.648. The number of anilines is 2. The zero-order chi connectivity index (χ0) is 23.4. The van der Waals surface area contributed by atoms with Gasteiger partial charge in [-0.25, -0.2) is 14.4 Å². The van der Waals surface area contributed by atoms with Crippen LogP contribution in [0.15, 0.2) is 18.3 Å². The molecule has 2 aromatic heterocycles. The van der Waals surface area contributed by atoms with Crippen LogP contribution in [0, 0.1) is 11.8 Å². The lowest BCUT2D eigenvalue weighted by Crippen LogP contribution is -2.46. The third kappa shape index (κ3) is 5.54. The van der Waals surface area contributed by atoms with E-state index in [1.165, 1.54) is 44.6 Å². The van der Waals surface area contributed by atoms with Crippen molar-refractivity contribution < 1.29 is 23.1 Å². The molecule has 2 aliphatic heterocycles. The number of fused-ring (bicyclic) bond motifs is 1. The van der Waals surface area contributed by atoms with Crippen LogP contribution in [0.5, 0.6) is 5.88 Å². The van der Waals surface area contributed by atoms with E-state index in [1.54, 1.807) is 0 Å². The summed E-state index contributed by atoms with van der Waals surface area (Å²) in [5.74, 6) is -2.07. The summed E-state index contributed by atoms with van der Waals surface area (Å²) in [6.07, 6.45) is 5.90. The minimum absolute atomic E-state index is 0.0174. The summed E-state index contributed by atoms with van der Waals surface area (Å²) in [6, 6.07) is 3.02. The zero-order valence-corrected chi connectivity index (χ0v) is 18.4. The number of carbonyl (C=O) groups excluding carboxylic acids is 2. The van der Waals surface area contributed by atoms with Gasteiger partial charge in [0, 0.05) is 51.5 Å². The fourth-order valence-corrected chi connectivity index (χ4v) is 3.45. The molecule has 2 amide bonds. The number of hydrogen-bond donors (Lipinski definition) is 2. The van der Waals surface area contributed by atoms with Crippen LogP contribution in [-0.2, 0) is 11.3 Å². The second kappa shape index (κ2) is 10.1. The first-order valence-corrected chi connectivity index (χ1v) is 10.9. The first-order chi connectivity index (χ1) is 16.0. The summed E-state index contributed by atoms with van der Waals surface area (Å²) >= 11 is 0. The standard InChI is InChI=1S/C19H20F2N6O3.C3H6/c1-22-18(29)12-2-3-13(17(21)24-12)27-6-4-26(5-7-27)9-11-8-23-19-16(15(11)20)25-14(28)10-30-19;1-2-3-1/h2-3,8H,4-7,9-10H2,1H3,(H,22,29)(H,25,28);1-3H2. The Labute approximate surface area is 190 Å². The maximum absolute atomic E-state index is 14.7. The van der Waals surface area contributed by atoms with E-state index in [4.69, 9.17) is 4.74 Å². The van der Waals surface area contributed by atoms with Crippen LogP contribution < -0.4 is 20.3 Å². The lowest BCUT2D eigenvalue weighted by atomic mass is 10.2. The smallest absolute Gasteiger partial charge is 0.269 e. The molecule has 0 spiro atoms. The van der Waals surface area contributed by atoms with Gasteiger partial charge < -0.3 is 20.3 Å². The molecule has 4 heterocycles. The topological polar surface area (TPSA) is 99.7 Å². The summed E-state index contributed by atoms with van der Waals surface area (Å²) in [6.45, 7) is 2.27. The van der Waals surface area contributed by atoms with Crippen LogP contribution in [-0.4, -0.2) is 66.5 Å². The highest BCUT2D eigenvalue weighted by molar-refractivity contribution is 5.95. The van der Waals surface area contributed by atoms with Gasteiger partial charge in [-0.1, -0.05) is 19.3 Å². The number of ether oxygens (including phenoxy) is 1. The number of nitrogens with one attached hydrogen (secondary N) is 2. The van der Waals surface area contributed by atoms with Crippen LogP contribution in [0.1, 0.15) is 35.3 Å². The van der Waals surface area contributed by atoms with Crippen molar-refractivity contribution in [2.45, 2.75) is 25.8 Å². The molecule has 1 saturated heterocycles. The number of aromatic nitrogens is 2. The molecular weight excluding hydrogens is 434 g/mol. The number of pyridine rings is 2. The fraction of sp³-hybridized carbons (Fsp3) is 0.455. The van der Waals surface area contributed by atoms with Crippen molar-refractivity contribution in [2.24, 2.45) is 0 Å². The van der Waals surface area contributed by atoms with Crippen LogP contribution in [0.3, 0.4) is 0 Å². The molecule has 1 saturated carbocycles. The molecule has 2 aromatic rings. The summed E-state index contributed by atoms with van der Waals surface area (Å²) in [5, 5.41) is 4.86. The van der Waals surface area contributed by atoms with Gasteiger partial charge in [0.25, 0.3) is 11.8 Å². The third-order valence-corrected chi connectivity index (χ3v) is 5.41. The number of halogens is 2. The Bertz CT molecular complexity index is 1040. The lowest BCUT2D eigenvalue weighted by molar-refractivity contribution is -0.118. The molecule has 2 N–H and O–H groups in total. The third-order valence-electron chi connectivity index (χ3n) is 5.41. The Morgan fingerprint density at radius 2 is 1.91 bits per heavy atom. The first kappa shape index (κ1) is 22.8. The SMILES string of the molecule is C1CC1.CNC(=O)c1ccc(N2CCN(Cc3cnc4c(c3F)NC(=O)CO4)CC2)c(F)n1. The van der Waals surface area contributed by atoms with Gasteiger partial charge in [-0.3, -0.25) is 14.5 Å². The van der Waals surface area contributed by atoms with Gasteiger partial charge in [-0.2, -0.15) is 4.39 Å². The summed E-state index contributed by atoms with van der Waals surface area (Å²) < 4.78 is 34.2. The van der Waals surface area contributed by atoms with Gasteiger partial charge in [0.05, 0.1) is 5.69 Å². The fourth-order valence-electron chi connectivity index (χ4n) is 3.45. The van der Waals surface area contributed by atoms with E-state index in [-0.39, 0.29) is 23.9 Å². The van der Waals surface area contributed by atoms with Gasteiger partial charge >= 0.3 is 0 Å². The van der Waals surface area contributed by atoms with E-state index in [1.807, 2.05) is 9.80 Å². The first-order valence-electron chi connectivity index (χ1n) is 10.9. The monoisotopic (exact) mass is 460 g/mol. The average Bonchev–Trinajstić information content (AvgIpc) is 3.71. The molecule has 3 aliphatic rings. The van der Waals surface area contributed by atoms with Crippen molar-refractivity contribution >= 4 is 23.2 Å². The normalized spacial score (nSPS) is 17.2. The van der Waals surface area contributed by atoms with E-state index in [0.29, 0.717) is 44.0 Å². The second-order valence-electron chi connectivity index (χ2n) is 8.02. The molecule has 0 unspecified atom stereocenters. The van der Waals surface area contributed by atoms with E-state index >= 15 is 0 Å². The lowest BCUT2D eigenvalue weighted by Gasteiger charge is -2.36. The predicted molar refractivity (Wildman–Crippen MR) is 117 cm³/mol. The van der Waals surface area contributed by atoms with Crippen molar-refractivity contribution in [3.05, 3.63) is 41.4 Å². The Balaban J connectivity index is 0.000000799. The number of amides is 2. The van der Waals surface area contributed by atoms with Crippen molar-refractivity contribution in [3.63, 3.8) is 0 Å². The molecule has 0 radical (unpaired) electrons. The Kier molecular flexibility index (Phi) is 6.97. The van der Waals surface area contributed by atoms with E-state index in [2.05, 4.69) is 20.6 Å². The van der Waals surface area contributed by atoms with Crippen LogP contribution in [0.4, 0.5) is 20.2 Å². The average molecular weight is 460 g/mol. The highest BCUT2D eigenvalue weighted by atomic mass is 19.1. The molecule has 33 heavy (non-hydrogen) atoms. The molecule has 176 valence electrons. The van der Waals surface area contributed by atoms with Crippen LogP contribution >= 0.6 is 0 Å². The van der Waals surface area contributed by atoms with E-state index in [0.717, 1.165) is 0 Å². The second-order valence-corrected chi connectivity index (χ2v) is 8.02.